The zero-order chi connectivity index (χ0) is 16.7. The van der Waals surface area contributed by atoms with Crippen molar-refractivity contribution in [2.45, 2.75) is 0 Å². The van der Waals surface area contributed by atoms with E-state index in [-0.39, 0.29) is 5.57 Å². The third kappa shape index (κ3) is 4.08. The van der Waals surface area contributed by atoms with Crippen LogP contribution in [-0.2, 0) is 4.79 Å². The number of aromatic nitrogens is 1. The zero-order valence-electron chi connectivity index (χ0n) is 12.7. The van der Waals surface area contributed by atoms with E-state index < -0.39 is 5.91 Å². The van der Waals surface area contributed by atoms with Crippen LogP contribution < -0.4 is 14.8 Å². The molecule has 0 saturated carbocycles. The molecule has 0 radical (unpaired) electrons. The fourth-order valence-electron chi connectivity index (χ4n) is 1.87. The van der Waals surface area contributed by atoms with Gasteiger partial charge in [0.05, 0.1) is 19.9 Å². The lowest BCUT2D eigenvalue weighted by Crippen LogP contribution is -2.13. The Morgan fingerprint density at radius 1 is 1.22 bits per heavy atom. The van der Waals surface area contributed by atoms with Gasteiger partial charge in [0, 0.05) is 18.0 Å². The first-order valence-electron chi connectivity index (χ1n) is 6.74. The van der Waals surface area contributed by atoms with Crippen molar-refractivity contribution >= 4 is 17.7 Å². The molecule has 0 unspecified atom stereocenters. The Morgan fingerprint density at radius 3 is 2.61 bits per heavy atom. The van der Waals surface area contributed by atoms with Gasteiger partial charge in [0.1, 0.15) is 11.6 Å². The molecule has 6 nitrogen and oxygen atoms in total. The predicted octanol–water partition coefficient (Wildman–Crippen LogP) is 2.64. The van der Waals surface area contributed by atoms with Gasteiger partial charge < -0.3 is 14.8 Å². The minimum Gasteiger partial charge on any atom is -0.493 e. The summed E-state index contributed by atoms with van der Waals surface area (Å²) in [5.74, 6) is 0.512. The van der Waals surface area contributed by atoms with E-state index in [0.29, 0.717) is 22.9 Å². The van der Waals surface area contributed by atoms with Gasteiger partial charge >= 0.3 is 0 Å². The molecule has 0 spiro atoms. The second-order valence-corrected chi connectivity index (χ2v) is 4.45. The van der Waals surface area contributed by atoms with Gasteiger partial charge in [-0.15, -0.1) is 0 Å². The van der Waals surface area contributed by atoms with Crippen molar-refractivity contribution in [1.29, 1.82) is 5.26 Å². The van der Waals surface area contributed by atoms with Crippen LogP contribution in [0.5, 0.6) is 11.5 Å². The molecule has 23 heavy (non-hydrogen) atoms. The van der Waals surface area contributed by atoms with E-state index in [1.54, 1.807) is 42.6 Å². The van der Waals surface area contributed by atoms with Crippen molar-refractivity contribution in [1.82, 2.24) is 4.98 Å². The molecule has 0 bridgehead atoms. The Labute approximate surface area is 134 Å². The third-order valence-corrected chi connectivity index (χ3v) is 2.99. The van der Waals surface area contributed by atoms with E-state index in [1.807, 2.05) is 6.07 Å². The zero-order valence-corrected chi connectivity index (χ0v) is 12.7. The number of carbonyl (C=O) groups is 1. The van der Waals surface area contributed by atoms with Gasteiger partial charge in [0.2, 0.25) is 0 Å². The fourth-order valence-corrected chi connectivity index (χ4v) is 1.87. The molecule has 1 aromatic carbocycles. The molecule has 0 aliphatic rings. The molecule has 0 aliphatic carbocycles. The second kappa shape index (κ2) is 7.61. The Hall–Kier alpha value is -3.33. The molecule has 0 saturated heterocycles. The van der Waals surface area contributed by atoms with Gasteiger partial charge in [-0.25, -0.2) is 0 Å². The smallest absolute Gasteiger partial charge is 0.266 e. The number of rotatable bonds is 5. The van der Waals surface area contributed by atoms with E-state index in [1.165, 1.54) is 20.3 Å². The quantitative estimate of drug-likeness (QED) is 0.678. The fraction of sp³-hybridized carbons (Fsp3) is 0.118. The monoisotopic (exact) mass is 309 g/mol. The van der Waals surface area contributed by atoms with Crippen molar-refractivity contribution in [3.8, 4) is 17.6 Å². The average Bonchev–Trinajstić information content (AvgIpc) is 2.60. The van der Waals surface area contributed by atoms with Crippen LogP contribution in [0.25, 0.3) is 6.08 Å². The summed E-state index contributed by atoms with van der Waals surface area (Å²) in [6.45, 7) is 0. The SMILES string of the molecule is COc1ccc(NC(=O)/C(C#N)=C/c2ccccn2)cc1OC. The summed E-state index contributed by atoms with van der Waals surface area (Å²) in [6.07, 6.45) is 3.02. The number of ether oxygens (including phenoxy) is 2. The van der Waals surface area contributed by atoms with Gasteiger partial charge in [0.15, 0.2) is 11.5 Å². The van der Waals surface area contributed by atoms with Crippen LogP contribution in [0.4, 0.5) is 5.69 Å². The summed E-state index contributed by atoms with van der Waals surface area (Å²) in [6, 6.07) is 12.1. The molecule has 1 heterocycles. The first-order valence-corrected chi connectivity index (χ1v) is 6.74. The first kappa shape index (κ1) is 16.0. The highest BCUT2D eigenvalue weighted by Gasteiger charge is 2.11. The summed E-state index contributed by atoms with van der Waals surface area (Å²) in [7, 11) is 3.03. The van der Waals surface area contributed by atoms with Gasteiger partial charge in [-0.3, -0.25) is 9.78 Å². The number of hydrogen-bond donors (Lipinski definition) is 1. The van der Waals surface area contributed by atoms with Gasteiger partial charge in [-0.05, 0) is 30.3 Å². The lowest BCUT2D eigenvalue weighted by Gasteiger charge is -2.10. The van der Waals surface area contributed by atoms with Crippen LogP contribution in [0.1, 0.15) is 5.69 Å². The minimum absolute atomic E-state index is 0.0431. The second-order valence-electron chi connectivity index (χ2n) is 4.45. The van der Waals surface area contributed by atoms with E-state index in [4.69, 9.17) is 14.7 Å². The molecule has 0 fully saturated rings. The van der Waals surface area contributed by atoms with Crippen LogP contribution in [0.2, 0.25) is 0 Å². The highest BCUT2D eigenvalue weighted by atomic mass is 16.5. The Kier molecular flexibility index (Phi) is 5.31. The molecule has 1 N–H and O–H groups in total. The largest absolute Gasteiger partial charge is 0.493 e. The lowest BCUT2D eigenvalue weighted by atomic mass is 10.2. The van der Waals surface area contributed by atoms with Crippen molar-refractivity contribution in [3.05, 3.63) is 53.9 Å². The summed E-state index contributed by atoms with van der Waals surface area (Å²) in [5, 5.41) is 11.8. The van der Waals surface area contributed by atoms with Gasteiger partial charge in [0.25, 0.3) is 5.91 Å². The highest BCUT2D eigenvalue weighted by molar-refractivity contribution is 6.09. The molecule has 1 amide bonds. The number of nitrogens with one attached hydrogen (secondary N) is 1. The predicted molar refractivity (Wildman–Crippen MR) is 86.0 cm³/mol. The maximum Gasteiger partial charge on any atom is 0.266 e. The minimum atomic E-state index is -0.523. The average molecular weight is 309 g/mol. The molecule has 0 atom stereocenters. The van der Waals surface area contributed by atoms with E-state index in [0.717, 1.165) is 0 Å². The van der Waals surface area contributed by atoms with E-state index in [9.17, 15) is 4.79 Å². The van der Waals surface area contributed by atoms with Crippen LogP contribution in [0.15, 0.2) is 48.2 Å². The molecule has 0 aliphatic heterocycles. The number of anilines is 1. The number of hydrogen-bond acceptors (Lipinski definition) is 5. The molecule has 116 valence electrons. The highest BCUT2D eigenvalue weighted by Crippen LogP contribution is 2.29. The van der Waals surface area contributed by atoms with E-state index >= 15 is 0 Å². The topological polar surface area (TPSA) is 84.2 Å². The van der Waals surface area contributed by atoms with Crippen LogP contribution >= 0.6 is 0 Å². The number of pyridine rings is 1. The standard InChI is InChI=1S/C17H15N3O3/c1-22-15-7-6-14(10-16(15)23-2)20-17(21)12(11-18)9-13-5-3-4-8-19-13/h3-10H,1-2H3,(H,20,21)/b12-9+. The summed E-state index contributed by atoms with van der Waals surface area (Å²) >= 11 is 0. The van der Waals surface area contributed by atoms with Crippen molar-refractivity contribution < 1.29 is 14.3 Å². The van der Waals surface area contributed by atoms with Crippen LogP contribution in [0, 0.1) is 11.3 Å². The number of carbonyl (C=O) groups excluding carboxylic acids is 1. The van der Waals surface area contributed by atoms with Crippen LogP contribution in [-0.4, -0.2) is 25.1 Å². The molecular formula is C17H15N3O3. The summed E-state index contributed by atoms with van der Waals surface area (Å²) in [5.41, 5.74) is 0.986. The van der Waals surface area contributed by atoms with E-state index in [2.05, 4.69) is 10.3 Å². The Balaban J connectivity index is 2.20. The molecule has 1 aromatic heterocycles. The van der Waals surface area contributed by atoms with Crippen molar-refractivity contribution in [2.75, 3.05) is 19.5 Å². The normalized spacial score (nSPS) is 10.6. The van der Waals surface area contributed by atoms with Crippen molar-refractivity contribution in [2.24, 2.45) is 0 Å². The molecule has 6 heteroatoms. The Bertz CT molecular complexity index is 764. The number of benzene rings is 1. The number of methoxy groups -OCH3 is 2. The Morgan fingerprint density at radius 2 is 2.00 bits per heavy atom. The van der Waals surface area contributed by atoms with Gasteiger partial charge in [-0.2, -0.15) is 5.26 Å². The van der Waals surface area contributed by atoms with Crippen LogP contribution in [0.3, 0.4) is 0 Å². The molecular weight excluding hydrogens is 294 g/mol. The number of amides is 1. The summed E-state index contributed by atoms with van der Waals surface area (Å²) < 4.78 is 10.3. The number of nitriles is 1. The maximum atomic E-state index is 12.2. The van der Waals surface area contributed by atoms with Crippen molar-refractivity contribution in [3.63, 3.8) is 0 Å². The third-order valence-electron chi connectivity index (χ3n) is 2.99. The number of nitrogens with zero attached hydrogens (tertiary/aromatic N) is 2. The summed E-state index contributed by atoms with van der Waals surface area (Å²) in [4.78, 5) is 16.3. The molecule has 2 rings (SSSR count). The lowest BCUT2D eigenvalue weighted by molar-refractivity contribution is -0.112. The first-order chi connectivity index (χ1) is 11.2. The maximum absolute atomic E-state index is 12.2. The van der Waals surface area contributed by atoms with Gasteiger partial charge in [-0.1, -0.05) is 6.07 Å². The molecule has 2 aromatic rings.